The quantitative estimate of drug-likeness (QED) is 0.565. The predicted molar refractivity (Wildman–Crippen MR) is 121 cm³/mol. The summed E-state index contributed by atoms with van der Waals surface area (Å²) in [6.07, 6.45) is 1.33. The first-order valence-electron chi connectivity index (χ1n) is 10.1. The summed E-state index contributed by atoms with van der Waals surface area (Å²) in [5.74, 6) is 0.192. The number of aromatic nitrogens is 1. The maximum absolute atomic E-state index is 13.1. The molecule has 1 aromatic heterocycles. The number of rotatable bonds is 6. The van der Waals surface area contributed by atoms with Gasteiger partial charge < -0.3 is 9.64 Å². The molecule has 1 saturated heterocycles. The van der Waals surface area contributed by atoms with Gasteiger partial charge in [0, 0.05) is 20.1 Å². The summed E-state index contributed by atoms with van der Waals surface area (Å²) in [6.45, 7) is 1.02. The third-order valence-corrected chi connectivity index (χ3v) is 8.42. The van der Waals surface area contributed by atoms with E-state index in [-0.39, 0.29) is 23.3 Å². The van der Waals surface area contributed by atoms with Crippen molar-refractivity contribution in [3.05, 3.63) is 53.5 Å². The van der Waals surface area contributed by atoms with Gasteiger partial charge in [0.25, 0.3) is 0 Å². The number of nitrogens with zero attached hydrogens (tertiary/aromatic N) is 3. The molecule has 1 unspecified atom stereocenters. The second-order valence-corrected chi connectivity index (χ2v) is 10.7. The van der Waals surface area contributed by atoms with Crippen molar-refractivity contribution >= 4 is 37.5 Å². The molecule has 0 N–H and O–H groups in total. The van der Waals surface area contributed by atoms with Crippen LogP contribution in [0.1, 0.15) is 17.8 Å². The summed E-state index contributed by atoms with van der Waals surface area (Å²) in [4.78, 5) is 19.5. The molecule has 3 aromatic rings. The lowest BCUT2D eigenvalue weighted by atomic mass is 9.98. The number of amides is 1. The number of benzene rings is 2. The van der Waals surface area contributed by atoms with Crippen LogP contribution in [0.5, 0.6) is 5.75 Å². The van der Waals surface area contributed by atoms with Gasteiger partial charge in [-0.3, -0.25) is 4.79 Å². The van der Waals surface area contributed by atoms with Crippen LogP contribution >= 0.6 is 11.3 Å². The Balaban J connectivity index is 1.44. The fourth-order valence-corrected chi connectivity index (χ4v) is 6.38. The molecule has 2 heterocycles. The molecule has 4 rings (SSSR count). The molecule has 1 aliphatic heterocycles. The number of ether oxygens (including phenoxy) is 1. The molecule has 2 aromatic carbocycles. The molecule has 1 fully saturated rings. The van der Waals surface area contributed by atoms with Gasteiger partial charge in [0.2, 0.25) is 15.9 Å². The van der Waals surface area contributed by atoms with E-state index in [1.165, 1.54) is 11.4 Å². The molecular formula is C22H25N3O4S2. The minimum atomic E-state index is -3.66. The zero-order chi connectivity index (χ0) is 22.0. The van der Waals surface area contributed by atoms with Crippen molar-refractivity contribution < 1.29 is 17.9 Å². The zero-order valence-corrected chi connectivity index (χ0v) is 19.2. The molecular weight excluding hydrogens is 434 g/mol. The van der Waals surface area contributed by atoms with Gasteiger partial charge in [-0.05, 0) is 49.2 Å². The Hall–Kier alpha value is -2.49. The first kappa shape index (κ1) is 21.7. The summed E-state index contributed by atoms with van der Waals surface area (Å²) < 4.78 is 33.8. The Morgan fingerprint density at radius 1 is 1.23 bits per heavy atom. The van der Waals surface area contributed by atoms with Crippen LogP contribution in [0.2, 0.25) is 0 Å². The maximum Gasteiger partial charge on any atom is 0.243 e. The number of para-hydroxylation sites is 1. The molecule has 1 aliphatic rings. The Kier molecular flexibility index (Phi) is 6.27. The standard InChI is InChI=1S/C22H25N3O4S2/c1-24(15-21-23-19-7-3-4-8-20(19)30-21)22(26)16-6-5-13-25(14-16)31(27,28)18-11-9-17(29-2)10-12-18/h3-4,7-12,16H,5-6,13-15H2,1-2H3. The van der Waals surface area contributed by atoms with Gasteiger partial charge >= 0.3 is 0 Å². The third kappa shape index (κ3) is 4.58. The van der Waals surface area contributed by atoms with E-state index in [9.17, 15) is 13.2 Å². The summed E-state index contributed by atoms with van der Waals surface area (Å²) in [5, 5.41) is 0.871. The highest BCUT2D eigenvalue weighted by molar-refractivity contribution is 7.89. The van der Waals surface area contributed by atoms with Crippen LogP contribution in [0.3, 0.4) is 0 Å². The lowest BCUT2D eigenvalue weighted by Gasteiger charge is -2.33. The summed E-state index contributed by atoms with van der Waals surface area (Å²) in [7, 11) is -0.366. The van der Waals surface area contributed by atoms with E-state index in [0.29, 0.717) is 31.7 Å². The van der Waals surface area contributed by atoms with Crippen molar-refractivity contribution in [1.82, 2.24) is 14.2 Å². The SMILES string of the molecule is COc1ccc(S(=O)(=O)N2CCCC(C(=O)N(C)Cc3nc4ccccc4s3)C2)cc1. The van der Waals surface area contributed by atoms with Crippen molar-refractivity contribution in [2.45, 2.75) is 24.3 Å². The van der Waals surface area contributed by atoms with E-state index >= 15 is 0 Å². The van der Waals surface area contributed by atoms with Crippen LogP contribution in [-0.4, -0.2) is 55.8 Å². The highest BCUT2D eigenvalue weighted by Crippen LogP contribution is 2.27. The van der Waals surface area contributed by atoms with Crippen molar-refractivity contribution in [1.29, 1.82) is 0 Å². The van der Waals surface area contributed by atoms with Crippen molar-refractivity contribution in [3.8, 4) is 5.75 Å². The molecule has 0 bridgehead atoms. The predicted octanol–water partition coefficient (Wildman–Crippen LogP) is 3.36. The van der Waals surface area contributed by atoms with Crippen LogP contribution in [0.15, 0.2) is 53.4 Å². The molecule has 1 amide bonds. The highest BCUT2D eigenvalue weighted by atomic mass is 32.2. The normalized spacial score (nSPS) is 17.5. The highest BCUT2D eigenvalue weighted by Gasteiger charge is 2.34. The molecule has 0 spiro atoms. The fourth-order valence-electron chi connectivity index (χ4n) is 3.84. The van der Waals surface area contributed by atoms with E-state index in [2.05, 4.69) is 4.98 Å². The topological polar surface area (TPSA) is 79.8 Å². The summed E-state index contributed by atoms with van der Waals surface area (Å²) in [6, 6.07) is 14.2. The van der Waals surface area contributed by atoms with Crippen LogP contribution in [0, 0.1) is 5.92 Å². The van der Waals surface area contributed by atoms with Crippen LogP contribution < -0.4 is 4.74 Å². The molecule has 31 heavy (non-hydrogen) atoms. The molecule has 0 aliphatic carbocycles. The van der Waals surface area contributed by atoms with Crippen molar-refractivity contribution in [3.63, 3.8) is 0 Å². The second kappa shape index (κ2) is 8.94. The van der Waals surface area contributed by atoms with Crippen molar-refractivity contribution in [2.75, 3.05) is 27.2 Å². The Labute approximate surface area is 186 Å². The maximum atomic E-state index is 13.1. The molecule has 0 radical (unpaired) electrons. The first-order chi connectivity index (χ1) is 14.9. The lowest BCUT2D eigenvalue weighted by molar-refractivity contribution is -0.135. The summed E-state index contributed by atoms with van der Waals surface area (Å²) in [5.41, 5.74) is 0.928. The molecule has 9 heteroatoms. The average Bonchev–Trinajstić information content (AvgIpc) is 3.21. The smallest absolute Gasteiger partial charge is 0.243 e. The number of fused-ring (bicyclic) bond motifs is 1. The van der Waals surface area contributed by atoms with E-state index in [4.69, 9.17) is 4.74 Å². The van der Waals surface area contributed by atoms with Crippen LogP contribution in [-0.2, 0) is 21.4 Å². The molecule has 7 nitrogen and oxygen atoms in total. The number of sulfonamides is 1. The lowest BCUT2D eigenvalue weighted by Crippen LogP contribution is -2.45. The van der Waals surface area contributed by atoms with E-state index in [1.807, 2.05) is 24.3 Å². The van der Waals surface area contributed by atoms with Gasteiger partial charge in [-0.25, -0.2) is 13.4 Å². The van der Waals surface area contributed by atoms with Gasteiger partial charge in [0.05, 0.1) is 34.7 Å². The largest absolute Gasteiger partial charge is 0.497 e. The van der Waals surface area contributed by atoms with E-state index in [1.54, 1.807) is 47.5 Å². The minimum absolute atomic E-state index is 0.0473. The van der Waals surface area contributed by atoms with Gasteiger partial charge in [0.15, 0.2) is 0 Å². The zero-order valence-electron chi connectivity index (χ0n) is 17.5. The summed E-state index contributed by atoms with van der Waals surface area (Å²) >= 11 is 1.57. The van der Waals surface area contributed by atoms with E-state index < -0.39 is 10.0 Å². The van der Waals surface area contributed by atoms with Gasteiger partial charge in [-0.15, -0.1) is 11.3 Å². The number of carbonyl (C=O) groups is 1. The van der Waals surface area contributed by atoms with Crippen LogP contribution in [0.25, 0.3) is 10.2 Å². The molecule has 0 saturated carbocycles. The molecule has 1 atom stereocenters. The fraction of sp³-hybridized carbons (Fsp3) is 0.364. The third-order valence-electron chi connectivity index (χ3n) is 5.52. The van der Waals surface area contributed by atoms with Crippen LogP contribution in [0.4, 0.5) is 0 Å². The average molecular weight is 460 g/mol. The van der Waals surface area contributed by atoms with E-state index in [0.717, 1.165) is 15.2 Å². The number of methoxy groups -OCH3 is 1. The Bertz CT molecular complexity index is 1140. The molecule has 164 valence electrons. The second-order valence-electron chi connectivity index (χ2n) is 7.65. The number of thiazole rings is 1. The monoisotopic (exact) mass is 459 g/mol. The van der Waals surface area contributed by atoms with Gasteiger partial charge in [0.1, 0.15) is 10.8 Å². The first-order valence-corrected chi connectivity index (χ1v) is 12.4. The number of hydrogen-bond donors (Lipinski definition) is 0. The van der Waals surface area contributed by atoms with Gasteiger partial charge in [-0.2, -0.15) is 4.31 Å². The van der Waals surface area contributed by atoms with Gasteiger partial charge in [-0.1, -0.05) is 12.1 Å². The number of carbonyl (C=O) groups excluding carboxylic acids is 1. The number of hydrogen-bond acceptors (Lipinski definition) is 6. The minimum Gasteiger partial charge on any atom is -0.497 e. The van der Waals surface area contributed by atoms with Crippen molar-refractivity contribution in [2.24, 2.45) is 5.92 Å². The Morgan fingerprint density at radius 2 is 1.97 bits per heavy atom. The number of piperidine rings is 1. The Morgan fingerprint density at radius 3 is 2.68 bits per heavy atom.